The summed E-state index contributed by atoms with van der Waals surface area (Å²) in [5.41, 5.74) is 2.22. The first kappa shape index (κ1) is 17.6. The lowest BCUT2D eigenvalue weighted by Crippen LogP contribution is -2.47. The smallest absolute Gasteiger partial charge is 0.246 e. The van der Waals surface area contributed by atoms with Gasteiger partial charge in [0.25, 0.3) is 0 Å². The highest BCUT2D eigenvalue weighted by Gasteiger charge is 2.30. The number of rotatable bonds is 4. The molecule has 1 atom stereocenters. The number of carbonyl (C=O) groups is 1. The van der Waals surface area contributed by atoms with E-state index >= 15 is 0 Å². The summed E-state index contributed by atoms with van der Waals surface area (Å²) >= 11 is 0. The first-order valence-corrected chi connectivity index (χ1v) is 9.62. The minimum absolute atomic E-state index is 0.00704. The first-order valence-electron chi connectivity index (χ1n) is 8.14. The van der Waals surface area contributed by atoms with E-state index in [1.165, 1.54) is 6.92 Å². The zero-order chi connectivity index (χ0) is 18.2. The molecular formula is C17H21N3O4S. The van der Waals surface area contributed by atoms with Crippen LogP contribution in [0.4, 0.5) is 5.69 Å². The van der Waals surface area contributed by atoms with Crippen LogP contribution in [-0.2, 0) is 21.2 Å². The molecule has 0 spiro atoms. The van der Waals surface area contributed by atoms with Crippen molar-refractivity contribution in [2.45, 2.75) is 44.6 Å². The molecule has 2 aromatic rings. The van der Waals surface area contributed by atoms with Gasteiger partial charge in [-0.15, -0.1) is 0 Å². The monoisotopic (exact) mass is 363 g/mol. The molecule has 0 aliphatic carbocycles. The van der Waals surface area contributed by atoms with Gasteiger partial charge in [0.2, 0.25) is 15.9 Å². The fourth-order valence-electron chi connectivity index (χ4n) is 3.24. The Bertz CT molecular complexity index is 885. The molecule has 2 heterocycles. The van der Waals surface area contributed by atoms with Gasteiger partial charge in [-0.1, -0.05) is 23.4 Å². The van der Waals surface area contributed by atoms with E-state index in [1.807, 2.05) is 31.2 Å². The SMILES string of the molecule is Cc1noc(C)c1S(=O)(=O)NCC(=O)N1c2ccccc2CC[C@@H]1C. The lowest BCUT2D eigenvalue weighted by Gasteiger charge is -2.35. The maximum Gasteiger partial charge on any atom is 0.246 e. The molecule has 0 fully saturated rings. The Balaban J connectivity index is 1.79. The summed E-state index contributed by atoms with van der Waals surface area (Å²) in [5.74, 6) is -0.0795. The lowest BCUT2D eigenvalue weighted by molar-refractivity contribution is -0.118. The Morgan fingerprint density at radius 1 is 1.36 bits per heavy atom. The molecule has 0 radical (unpaired) electrons. The number of carbonyl (C=O) groups excluding carboxylic acids is 1. The van der Waals surface area contributed by atoms with Gasteiger partial charge < -0.3 is 9.42 Å². The zero-order valence-electron chi connectivity index (χ0n) is 14.4. The number of aromatic nitrogens is 1. The topological polar surface area (TPSA) is 92.5 Å². The largest absolute Gasteiger partial charge is 0.360 e. The number of fused-ring (bicyclic) bond motifs is 1. The molecule has 1 aliphatic heterocycles. The number of nitrogens with zero attached hydrogens (tertiary/aromatic N) is 2. The molecular weight excluding hydrogens is 342 g/mol. The molecule has 25 heavy (non-hydrogen) atoms. The van der Waals surface area contributed by atoms with Gasteiger partial charge in [-0.2, -0.15) is 0 Å². The maximum absolute atomic E-state index is 12.7. The number of hydrogen-bond acceptors (Lipinski definition) is 5. The van der Waals surface area contributed by atoms with Crippen molar-refractivity contribution in [2.75, 3.05) is 11.4 Å². The average Bonchev–Trinajstić information content (AvgIpc) is 2.92. The molecule has 7 nitrogen and oxygen atoms in total. The van der Waals surface area contributed by atoms with E-state index in [-0.39, 0.29) is 34.8 Å². The van der Waals surface area contributed by atoms with Crippen LogP contribution in [0.2, 0.25) is 0 Å². The normalized spacial score (nSPS) is 17.4. The van der Waals surface area contributed by atoms with Crippen molar-refractivity contribution in [1.82, 2.24) is 9.88 Å². The highest BCUT2D eigenvalue weighted by Crippen LogP contribution is 2.30. The molecule has 1 aromatic carbocycles. The van der Waals surface area contributed by atoms with E-state index in [1.54, 1.807) is 11.8 Å². The number of amides is 1. The van der Waals surface area contributed by atoms with Crippen molar-refractivity contribution < 1.29 is 17.7 Å². The van der Waals surface area contributed by atoms with Crippen LogP contribution in [0.3, 0.4) is 0 Å². The number of hydrogen-bond donors (Lipinski definition) is 1. The van der Waals surface area contributed by atoms with E-state index in [4.69, 9.17) is 4.52 Å². The van der Waals surface area contributed by atoms with E-state index in [9.17, 15) is 13.2 Å². The summed E-state index contributed by atoms with van der Waals surface area (Å²) in [6.45, 7) is 4.73. The second-order valence-electron chi connectivity index (χ2n) is 6.26. The van der Waals surface area contributed by atoms with Crippen molar-refractivity contribution in [1.29, 1.82) is 0 Å². The number of anilines is 1. The van der Waals surface area contributed by atoms with E-state index in [0.717, 1.165) is 24.1 Å². The van der Waals surface area contributed by atoms with Gasteiger partial charge in [0.15, 0.2) is 5.76 Å². The van der Waals surface area contributed by atoms with Gasteiger partial charge in [-0.3, -0.25) is 4.79 Å². The maximum atomic E-state index is 12.7. The third kappa shape index (κ3) is 3.32. The van der Waals surface area contributed by atoms with Gasteiger partial charge in [0.1, 0.15) is 10.6 Å². The Morgan fingerprint density at radius 2 is 2.08 bits per heavy atom. The van der Waals surface area contributed by atoms with Crippen LogP contribution >= 0.6 is 0 Å². The standard InChI is InChI=1S/C17H21N3O4S/c1-11-8-9-14-6-4-5-7-15(14)20(11)16(21)10-18-25(22,23)17-12(2)19-24-13(17)3/h4-7,11,18H,8-10H2,1-3H3/t11-/m0/s1. The fourth-order valence-corrected chi connectivity index (χ4v) is 4.54. The van der Waals surface area contributed by atoms with Crippen LogP contribution in [-0.4, -0.2) is 32.1 Å². The second kappa shape index (κ2) is 6.61. The second-order valence-corrected chi connectivity index (χ2v) is 7.96. The molecule has 1 amide bonds. The Hall–Kier alpha value is -2.19. The third-order valence-electron chi connectivity index (χ3n) is 4.44. The summed E-state index contributed by atoms with van der Waals surface area (Å²) < 4.78 is 32.2. The van der Waals surface area contributed by atoms with Crippen LogP contribution in [0.15, 0.2) is 33.7 Å². The lowest BCUT2D eigenvalue weighted by atomic mass is 9.96. The molecule has 0 saturated heterocycles. The van der Waals surface area contributed by atoms with Gasteiger partial charge in [0.05, 0.1) is 6.54 Å². The van der Waals surface area contributed by atoms with Crippen molar-refractivity contribution >= 4 is 21.6 Å². The van der Waals surface area contributed by atoms with Crippen LogP contribution in [0.5, 0.6) is 0 Å². The molecule has 0 bridgehead atoms. The average molecular weight is 363 g/mol. The van der Waals surface area contributed by atoms with E-state index in [2.05, 4.69) is 9.88 Å². The summed E-state index contributed by atoms with van der Waals surface area (Å²) in [4.78, 5) is 14.4. The number of para-hydroxylation sites is 1. The third-order valence-corrected chi connectivity index (χ3v) is 6.09. The van der Waals surface area contributed by atoms with Gasteiger partial charge >= 0.3 is 0 Å². The van der Waals surface area contributed by atoms with E-state index < -0.39 is 10.0 Å². The minimum atomic E-state index is -3.86. The molecule has 1 N–H and O–H groups in total. The van der Waals surface area contributed by atoms with E-state index in [0.29, 0.717) is 0 Å². The number of benzene rings is 1. The summed E-state index contributed by atoms with van der Waals surface area (Å²) in [6.07, 6.45) is 1.76. The number of sulfonamides is 1. The van der Waals surface area contributed by atoms with Gasteiger partial charge in [-0.25, -0.2) is 13.1 Å². The molecule has 0 saturated carbocycles. The van der Waals surface area contributed by atoms with Crippen LogP contribution in [0.1, 0.15) is 30.4 Å². The quantitative estimate of drug-likeness (QED) is 0.896. The predicted octanol–water partition coefficient (Wildman–Crippen LogP) is 1.94. The predicted molar refractivity (Wildman–Crippen MR) is 92.9 cm³/mol. The minimum Gasteiger partial charge on any atom is -0.360 e. The van der Waals surface area contributed by atoms with Crippen molar-refractivity contribution in [3.05, 3.63) is 41.3 Å². The van der Waals surface area contributed by atoms with Crippen LogP contribution in [0.25, 0.3) is 0 Å². The van der Waals surface area contributed by atoms with Crippen molar-refractivity contribution in [2.24, 2.45) is 0 Å². The Kier molecular flexibility index (Phi) is 4.66. The summed E-state index contributed by atoms with van der Waals surface area (Å²) in [5, 5.41) is 3.65. The highest BCUT2D eigenvalue weighted by atomic mass is 32.2. The molecule has 1 aliphatic rings. The zero-order valence-corrected chi connectivity index (χ0v) is 15.3. The highest BCUT2D eigenvalue weighted by molar-refractivity contribution is 7.89. The van der Waals surface area contributed by atoms with Crippen LogP contribution in [0, 0.1) is 13.8 Å². The van der Waals surface area contributed by atoms with Gasteiger partial charge in [0, 0.05) is 11.7 Å². The summed E-state index contributed by atoms with van der Waals surface area (Å²) in [6, 6.07) is 7.73. The number of aryl methyl sites for hydroxylation is 3. The van der Waals surface area contributed by atoms with Crippen LogP contribution < -0.4 is 9.62 Å². The molecule has 1 aromatic heterocycles. The first-order chi connectivity index (χ1) is 11.8. The van der Waals surface area contributed by atoms with Crippen molar-refractivity contribution in [3.63, 3.8) is 0 Å². The molecule has 0 unspecified atom stereocenters. The Morgan fingerprint density at radius 3 is 2.76 bits per heavy atom. The Labute approximate surface area is 147 Å². The molecule has 8 heteroatoms. The number of nitrogens with one attached hydrogen (secondary N) is 1. The van der Waals surface area contributed by atoms with Gasteiger partial charge in [-0.05, 0) is 45.2 Å². The summed E-state index contributed by atoms with van der Waals surface area (Å²) in [7, 11) is -3.86. The molecule has 134 valence electrons. The fraction of sp³-hybridized carbons (Fsp3) is 0.412. The molecule has 3 rings (SSSR count). The van der Waals surface area contributed by atoms with Crippen molar-refractivity contribution in [3.8, 4) is 0 Å².